The van der Waals surface area contributed by atoms with Gasteiger partial charge in [0.1, 0.15) is 5.82 Å². The van der Waals surface area contributed by atoms with Crippen molar-refractivity contribution < 1.29 is 4.79 Å². The van der Waals surface area contributed by atoms with Crippen LogP contribution in [0.3, 0.4) is 0 Å². The summed E-state index contributed by atoms with van der Waals surface area (Å²) in [6.45, 7) is 5.01. The van der Waals surface area contributed by atoms with Crippen LogP contribution in [-0.4, -0.2) is 62.3 Å². The van der Waals surface area contributed by atoms with Gasteiger partial charge in [0.15, 0.2) is 5.16 Å². The molecule has 0 unspecified atom stereocenters. The summed E-state index contributed by atoms with van der Waals surface area (Å²) in [4.78, 5) is 29.6. The second kappa shape index (κ2) is 8.43. The Kier molecular flexibility index (Phi) is 5.57. The average Bonchev–Trinajstić information content (AvgIpc) is 3.21. The van der Waals surface area contributed by atoms with Crippen LogP contribution in [0.2, 0.25) is 0 Å². The maximum absolute atomic E-state index is 12.7. The molecule has 1 aromatic carbocycles. The van der Waals surface area contributed by atoms with E-state index in [0.29, 0.717) is 18.8 Å². The van der Waals surface area contributed by atoms with Crippen LogP contribution in [0.15, 0.2) is 60.4 Å². The van der Waals surface area contributed by atoms with Gasteiger partial charge in [-0.05, 0) is 18.6 Å². The first-order valence-electron chi connectivity index (χ1n) is 9.23. The van der Waals surface area contributed by atoms with E-state index in [-0.39, 0.29) is 5.91 Å². The van der Waals surface area contributed by atoms with Gasteiger partial charge in [-0.15, -0.1) is 0 Å². The highest BCUT2D eigenvalue weighted by atomic mass is 32.2. The number of imidazole rings is 1. The molecule has 0 radical (unpaired) electrons. The molecule has 0 saturated carbocycles. The number of rotatable bonds is 5. The largest absolute Gasteiger partial charge is 0.352 e. The van der Waals surface area contributed by atoms with Crippen molar-refractivity contribution in [1.29, 1.82) is 0 Å². The molecule has 0 N–H and O–H groups in total. The van der Waals surface area contributed by atoms with Crippen LogP contribution in [0, 0.1) is 6.92 Å². The van der Waals surface area contributed by atoms with Crippen LogP contribution in [0.25, 0.3) is 5.69 Å². The second-order valence-corrected chi connectivity index (χ2v) is 7.53. The zero-order valence-corrected chi connectivity index (χ0v) is 16.5. The molecule has 1 amide bonds. The van der Waals surface area contributed by atoms with Crippen molar-refractivity contribution in [3.05, 3.63) is 60.8 Å². The number of para-hydroxylation sites is 1. The topological polar surface area (TPSA) is 67.2 Å². The van der Waals surface area contributed by atoms with Gasteiger partial charge in [0, 0.05) is 51.0 Å². The number of amides is 1. The number of benzene rings is 1. The lowest BCUT2D eigenvalue weighted by atomic mass is 10.2. The Morgan fingerprint density at radius 1 is 1.07 bits per heavy atom. The fourth-order valence-electron chi connectivity index (χ4n) is 3.27. The summed E-state index contributed by atoms with van der Waals surface area (Å²) < 4.78 is 2.04. The lowest BCUT2D eigenvalue weighted by Gasteiger charge is -2.35. The van der Waals surface area contributed by atoms with E-state index in [4.69, 9.17) is 0 Å². The molecule has 0 aliphatic carbocycles. The highest BCUT2D eigenvalue weighted by Crippen LogP contribution is 2.23. The van der Waals surface area contributed by atoms with Crippen LogP contribution >= 0.6 is 11.8 Å². The molecule has 8 heteroatoms. The molecule has 1 aliphatic rings. The van der Waals surface area contributed by atoms with E-state index in [9.17, 15) is 4.79 Å². The van der Waals surface area contributed by atoms with Crippen molar-refractivity contribution in [3.63, 3.8) is 0 Å². The van der Waals surface area contributed by atoms with Crippen molar-refractivity contribution in [3.8, 4) is 5.69 Å². The Hall–Kier alpha value is -2.87. The van der Waals surface area contributed by atoms with E-state index in [2.05, 4.69) is 38.9 Å². The molecule has 4 rings (SSSR count). The number of hydrogen-bond donors (Lipinski definition) is 0. The summed E-state index contributed by atoms with van der Waals surface area (Å²) in [5.74, 6) is 1.39. The van der Waals surface area contributed by atoms with Crippen LogP contribution in [0.1, 0.15) is 5.56 Å². The molecule has 28 heavy (non-hydrogen) atoms. The number of thioether (sulfide) groups is 1. The number of hydrogen-bond acceptors (Lipinski definition) is 6. The van der Waals surface area contributed by atoms with Crippen molar-refractivity contribution in [2.75, 3.05) is 36.8 Å². The van der Waals surface area contributed by atoms with Gasteiger partial charge in [0.25, 0.3) is 0 Å². The van der Waals surface area contributed by atoms with Crippen molar-refractivity contribution in [2.45, 2.75) is 12.1 Å². The first-order chi connectivity index (χ1) is 13.7. The summed E-state index contributed by atoms with van der Waals surface area (Å²) in [7, 11) is 0. The van der Waals surface area contributed by atoms with E-state index in [1.54, 1.807) is 24.8 Å². The lowest BCUT2D eigenvalue weighted by Crippen LogP contribution is -2.49. The van der Waals surface area contributed by atoms with Gasteiger partial charge < -0.3 is 9.80 Å². The minimum Gasteiger partial charge on any atom is -0.352 e. The van der Waals surface area contributed by atoms with Gasteiger partial charge in [-0.25, -0.2) is 9.97 Å². The molecule has 3 heterocycles. The monoisotopic (exact) mass is 394 g/mol. The van der Waals surface area contributed by atoms with Gasteiger partial charge in [-0.2, -0.15) is 0 Å². The smallest absolute Gasteiger partial charge is 0.233 e. The van der Waals surface area contributed by atoms with Gasteiger partial charge in [0.2, 0.25) is 5.91 Å². The molecular weight excluding hydrogens is 372 g/mol. The average molecular weight is 395 g/mol. The van der Waals surface area contributed by atoms with Crippen LogP contribution in [0.4, 0.5) is 5.82 Å². The third-order valence-corrected chi connectivity index (χ3v) is 5.76. The second-order valence-electron chi connectivity index (χ2n) is 6.59. The van der Waals surface area contributed by atoms with E-state index in [1.807, 2.05) is 27.8 Å². The Bertz CT molecular complexity index is 937. The van der Waals surface area contributed by atoms with Crippen molar-refractivity contribution in [1.82, 2.24) is 24.4 Å². The predicted octanol–water partition coefficient (Wildman–Crippen LogP) is 2.41. The third kappa shape index (κ3) is 4.01. The van der Waals surface area contributed by atoms with Crippen LogP contribution in [0.5, 0.6) is 0 Å². The van der Waals surface area contributed by atoms with Crippen LogP contribution in [-0.2, 0) is 4.79 Å². The highest BCUT2D eigenvalue weighted by molar-refractivity contribution is 7.99. The number of carbonyl (C=O) groups is 1. The first-order valence-corrected chi connectivity index (χ1v) is 10.2. The number of aryl methyl sites for hydroxylation is 1. The minimum absolute atomic E-state index is 0.142. The molecule has 3 aromatic rings. The summed E-state index contributed by atoms with van der Waals surface area (Å²) >= 11 is 1.48. The van der Waals surface area contributed by atoms with Crippen LogP contribution < -0.4 is 4.90 Å². The van der Waals surface area contributed by atoms with E-state index in [1.165, 1.54) is 17.3 Å². The van der Waals surface area contributed by atoms with Crippen molar-refractivity contribution >= 4 is 23.5 Å². The molecule has 2 aromatic heterocycles. The Labute approximate surface area is 168 Å². The third-order valence-electron chi connectivity index (χ3n) is 4.81. The Morgan fingerprint density at radius 3 is 2.64 bits per heavy atom. The molecule has 144 valence electrons. The van der Waals surface area contributed by atoms with E-state index in [0.717, 1.165) is 29.8 Å². The maximum atomic E-state index is 12.7. The normalized spacial score (nSPS) is 14.3. The SMILES string of the molecule is Cc1ccccc1-n1ccnc1SCC(=O)N1CCN(c2cnccn2)CC1. The number of anilines is 1. The Balaban J connectivity index is 1.34. The lowest BCUT2D eigenvalue weighted by molar-refractivity contribution is -0.128. The number of piperazine rings is 1. The summed E-state index contributed by atoms with van der Waals surface area (Å²) in [5, 5.41) is 0.834. The van der Waals surface area contributed by atoms with E-state index < -0.39 is 0 Å². The zero-order chi connectivity index (χ0) is 19.3. The fourth-order valence-corrected chi connectivity index (χ4v) is 4.14. The summed E-state index contributed by atoms with van der Waals surface area (Å²) in [6.07, 6.45) is 8.84. The molecule has 0 spiro atoms. The number of carbonyl (C=O) groups excluding carboxylic acids is 1. The maximum Gasteiger partial charge on any atom is 0.233 e. The van der Waals surface area contributed by atoms with Gasteiger partial charge in [0.05, 0.1) is 17.6 Å². The molecule has 1 fully saturated rings. The van der Waals surface area contributed by atoms with Gasteiger partial charge >= 0.3 is 0 Å². The summed E-state index contributed by atoms with van der Waals surface area (Å²) in [6, 6.07) is 8.17. The zero-order valence-electron chi connectivity index (χ0n) is 15.7. The number of aromatic nitrogens is 4. The summed E-state index contributed by atoms with van der Waals surface area (Å²) in [5.41, 5.74) is 2.27. The minimum atomic E-state index is 0.142. The van der Waals surface area contributed by atoms with Gasteiger partial charge in [-0.1, -0.05) is 30.0 Å². The predicted molar refractivity (Wildman–Crippen MR) is 110 cm³/mol. The molecule has 0 atom stereocenters. The molecular formula is C20H22N6OS. The first kappa shape index (κ1) is 18.5. The molecule has 7 nitrogen and oxygen atoms in total. The quantitative estimate of drug-likeness (QED) is 0.619. The van der Waals surface area contributed by atoms with E-state index >= 15 is 0 Å². The number of nitrogens with zero attached hydrogens (tertiary/aromatic N) is 6. The fraction of sp³-hybridized carbons (Fsp3) is 0.300. The molecule has 1 aliphatic heterocycles. The van der Waals surface area contributed by atoms with Gasteiger partial charge in [-0.3, -0.25) is 14.3 Å². The molecule has 0 bridgehead atoms. The highest BCUT2D eigenvalue weighted by Gasteiger charge is 2.22. The Morgan fingerprint density at radius 2 is 1.89 bits per heavy atom. The van der Waals surface area contributed by atoms with Crippen molar-refractivity contribution in [2.24, 2.45) is 0 Å². The standard InChI is InChI=1S/C20H22N6OS/c1-16-4-2-3-5-17(16)26-9-8-23-20(26)28-15-19(27)25-12-10-24(11-13-25)18-14-21-6-7-22-18/h2-9,14H,10-13,15H2,1H3. The molecule has 1 saturated heterocycles.